The molecule has 2 aliphatic rings. The number of halogens is 4. The van der Waals surface area contributed by atoms with Crippen molar-refractivity contribution in [2.45, 2.75) is 77.8 Å². The van der Waals surface area contributed by atoms with Crippen molar-refractivity contribution in [2.24, 2.45) is 5.41 Å². The molecule has 1 fully saturated rings. The van der Waals surface area contributed by atoms with Crippen LogP contribution in [0.2, 0.25) is 5.02 Å². The number of nitrogens with one attached hydrogen (secondary N) is 2. The molecule has 0 unspecified atom stereocenters. The van der Waals surface area contributed by atoms with Crippen molar-refractivity contribution in [2.75, 3.05) is 69.3 Å². The summed E-state index contributed by atoms with van der Waals surface area (Å²) in [7, 11) is -6.61. The lowest BCUT2D eigenvalue weighted by Gasteiger charge is -2.41. The van der Waals surface area contributed by atoms with Crippen LogP contribution in [0.1, 0.15) is 68.3 Å². The van der Waals surface area contributed by atoms with Crippen molar-refractivity contribution in [3.8, 4) is 0 Å². The molecular formula is C47H57Cl2F2N5O5S3. The Morgan fingerprint density at radius 1 is 0.906 bits per heavy atom. The molecule has 1 atom stereocenters. The second-order valence-electron chi connectivity index (χ2n) is 16.9. The van der Waals surface area contributed by atoms with Crippen molar-refractivity contribution in [1.29, 1.82) is 0 Å². The summed E-state index contributed by atoms with van der Waals surface area (Å²) < 4.78 is 79.8. The molecule has 6 rings (SSSR count). The molecule has 64 heavy (non-hydrogen) atoms. The fourth-order valence-electron chi connectivity index (χ4n) is 8.32. The maximum absolute atomic E-state index is 14.5. The molecule has 1 saturated heterocycles. The van der Waals surface area contributed by atoms with Crippen LogP contribution in [0.15, 0.2) is 117 Å². The number of hydrogen-bond acceptors (Lipinski definition) is 10. The maximum atomic E-state index is 14.5. The predicted molar refractivity (Wildman–Crippen MR) is 257 cm³/mol. The largest absolute Gasteiger partial charge is 0.427 e. The molecule has 1 aliphatic carbocycles. The highest BCUT2D eigenvalue weighted by Crippen LogP contribution is 2.48. The number of carbonyl (C=O) groups is 1. The van der Waals surface area contributed by atoms with Gasteiger partial charge in [0, 0.05) is 65.7 Å². The number of sulfonamides is 1. The molecule has 0 bridgehead atoms. The van der Waals surface area contributed by atoms with E-state index >= 15 is 0 Å². The van der Waals surface area contributed by atoms with Gasteiger partial charge in [0.05, 0.1) is 15.5 Å². The normalized spacial score (nSPS) is 16.8. The van der Waals surface area contributed by atoms with E-state index in [0.717, 1.165) is 86.1 Å². The van der Waals surface area contributed by atoms with Gasteiger partial charge in [-0.1, -0.05) is 74.2 Å². The van der Waals surface area contributed by atoms with E-state index in [1.807, 2.05) is 66.2 Å². The fraction of sp³-hybridized carbons (Fsp3) is 0.426. The molecular weight excluding hydrogens is 920 g/mol. The van der Waals surface area contributed by atoms with Crippen LogP contribution in [0.3, 0.4) is 0 Å². The van der Waals surface area contributed by atoms with Crippen molar-refractivity contribution in [3.63, 3.8) is 0 Å². The molecule has 0 saturated carbocycles. The maximum Gasteiger partial charge on any atom is 0.427 e. The second kappa shape index (κ2) is 21.3. The Hall–Kier alpha value is -3.70. The van der Waals surface area contributed by atoms with E-state index in [1.54, 1.807) is 12.1 Å². The third kappa shape index (κ3) is 12.4. The Morgan fingerprint density at radius 2 is 1.56 bits per heavy atom. The van der Waals surface area contributed by atoms with E-state index in [9.17, 15) is 30.4 Å². The first kappa shape index (κ1) is 49.7. The highest BCUT2D eigenvalue weighted by Gasteiger charge is 2.46. The summed E-state index contributed by atoms with van der Waals surface area (Å²) in [6, 6.07) is 26.6. The van der Waals surface area contributed by atoms with Crippen LogP contribution in [0.4, 0.5) is 20.2 Å². The van der Waals surface area contributed by atoms with Gasteiger partial charge in [-0.15, -0.1) is 11.8 Å². The van der Waals surface area contributed by atoms with Crippen molar-refractivity contribution >= 4 is 77.7 Å². The number of thioether (sulfide) groups is 1. The summed E-state index contributed by atoms with van der Waals surface area (Å²) in [6.45, 7) is 9.28. The molecule has 1 amide bonds. The molecule has 0 radical (unpaired) electrons. The number of amides is 1. The minimum atomic E-state index is -5.60. The number of anilines is 2. The number of alkyl halides is 3. The Labute approximate surface area is 391 Å². The van der Waals surface area contributed by atoms with Gasteiger partial charge in [0.25, 0.3) is 25.8 Å². The lowest BCUT2D eigenvalue weighted by atomic mass is 9.67. The zero-order valence-corrected chi connectivity index (χ0v) is 40.6. The second-order valence-corrected chi connectivity index (χ2v) is 22.8. The molecule has 17 heteroatoms. The topological polar surface area (TPSA) is 119 Å². The number of nitrogens with zero attached hydrogens (tertiary/aromatic N) is 3. The van der Waals surface area contributed by atoms with Crippen molar-refractivity contribution < 1.29 is 30.4 Å². The van der Waals surface area contributed by atoms with Gasteiger partial charge >= 0.3 is 4.71 Å². The van der Waals surface area contributed by atoms with E-state index in [0.29, 0.717) is 30.2 Å². The van der Waals surface area contributed by atoms with E-state index in [2.05, 4.69) is 41.1 Å². The molecule has 4 aromatic rings. The molecule has 346 valence electrons. The minimum absolute atomic E-state index is 0.0400. The third-order valence-electron chi connectivity index (χ3n) is 12.5. The average Bonchev–Trinajstić information content (AvgIpc) is 3.28. The number of benzene rings is 4. The minimum Gasteiger partial charge on any atom is -0.380 e. The molecule has 10 nitrogen and oxygen atoms in total. The first-order chi connectivity index (χ1) is 30.3. The van der Waals surface area contributed by atoms with Crippen LogP contribution in [-0.4, -0.2) is 102 Å². The van der Waals surface area contributed by atoms with Gasteiger partial charge < -0.3 is 15.1 Å². The molecule has 2 N–H and O–H groups in total. The Kier molecular flexibility index (Phi) is 16.5. The van der Waals surface area contributed by atoms with Crippen LogP contribution in [-0.2, 0) is 19.9 Å². The summed E-state index contributed by atoms with van der Waals surface area (Å²) in [6.07, 6.45) is 6.10. The van der Waals surface area contributed by atoms with Gasteiger partial charge in [-0.25, -0.2) is 21.6 Å². The molecule has 0 spiro atoms. The van der Waals surface area contributed by atoms with Gasteiger partial charge in [0.2, 0.25) is 0 Å². The average molecular weight is 977 g/mol. The van der Waals surface area contributed by atoms with Gasteiger partial charge in [-0.3, -0.25) is 9.69 Å². The lowest BCUT2D eigenvalue weighted by molar-refractivity contribution is 0.0981. The van der Waals surface area contributed by atoms with E-state index in [-0.39, 0.29) is 11.3 Å². The van der Waals surface area contributed by atoms with E-state index in [1.165, 1.54) is 47.0 Å². The highest BCUT2D eigenvalue weighted by atomic mass is 35.5. The number of sulfone groups is 1. The Morgan fingerprint density at radius 3 is 2.17 bits per heavy atom. The van der Waals surface area contributed by atoms with E-state index < -0.39 is 46.3 Å². The summed E-state index contributed by atoms with van der Waals surface area (Å²) in [4.78, 5) is 19.2. The number of carbonyl (C=O) groups excluding carboxylic acids is 1. The van der Waals surface area contributed by atoms with Crippen LogP contribution in [0.25, 0.3) is 5.57 Å². The molecule has 0 aromatic heterocycles. The van der Waals surface area contributed by atoms with Gasteiger partial charge in [0.15, 0.2) is 0 Å². The highest BCUT2D eigenvalue weighted by molar-refractivity contribution is 7.99. The van der Waals surface area contributed by atoms with E-state index in [4.69, 9.17) is 23.2 Å². The summed E-state index contributed by atoms with van der Waals surface area (Å²) >= 11 is 12.9. The molecule has 4 aromatic carbocycles. The zero-order chi connectivity index (χ0) is 46.3. The van der Waals surface area contributed by atoms with Crippen LogP contribution >= 0.6 is 35.0 Å². The predicted octanol–water partition coefficient (Wildman–Crippen LogP) is 10.1. The first-order valence-electron chi connectivity index (χ1n) is 21.5. The van der Waals surface area contributed by atoms with Crippen molar-refractivity contribution in [3.05, 3.63) is 119 Å². The number of piperazine rings is 1. The third-order valence-corrected chi connectivity index (χ3v) is 17.4. The Bertz CT molecular complexity index is 2480. The SMILES string of the molecule is CCC1(CC)CCC(CN2CCN(c3ccc(C(=O)NS(=O)(=O)c4ccc(N[C@H](CCN(C)C)CSc5ccccc5)c(S(=O)(=O)C(F)(F)Cl)c4)cc3)CC2)=C(c2ccc(Cl)cc2)C1. The fourth-order valence-corrected chi connectivity index (χ4v) is 11.7. The van der Waals surface area contributed by atoms with Crippen LogP contribution < -0.4 is 14.9 Å². The first-order valence-corrected chi connectivity index (χ1v) is 26.2. The van der Waals surface area contributed by atoms with Crippen LogP contribution in [0, 0.1) is 5.41 Å². The quantitative estimate of drug-likeness (QED) is 0.0695. The summed E-state index contributed by atoms with van der Waals surface area (Å²) in [5.74, 6) is -0.538. The van der Waals surface area contributed by atoms with Gasteiger partial charge in [-0.05, 0) is 141 Å². The molecule has 1 heterocycles. The number of hydrogen-bond donors (Lipinski definition) is 2. The molecule has 1 aliphatic heterocycles. The summed E-state index contributed by atoms with van der Waals surface area (Å²) in [5, 5.41) is 3.78. The monoisotopic (exact) mass is 975 g/mol. The van der Waals surface area contributed by atoms with Crippen LogP contribution in [0.5, 0.6) is 0 Å². The zero-order valence-electron chi connectivity index (χ0n) is 36.6. The standard InChI is InChI=1S/C47H57Cl2F2N5O5S3/c1-5-46(6-2)24-22-36(42(31-46)34-12-16-37(48)17-13-34)32-55-26-28-56(29-27-55)39-18-14-35(15-19-39)45(57)53-64(60,61)41-20-21-43(44(30-41)63(58,59)47(49,50)51)52-38(23-25-54(3)4)33-62-40-10-8-7-9-11-40/h7-21,30,38,52H,5-6,22-29,31-33H2,1-4H3,(H,53,57)/t38-/m1/s1. The number of rotatable bonds is 19. The Balaban J connectivity index is 1.12. The smallest absolute Gasteiger partial charge is 0.380 e. The lowest BCUT2D eigenvalue weighted by Crippen LogP contribution is -2.47. The number of allylic oxidation sites excluding steroid dienone is 1. The van der Waals surface area contributed by atoms with Gasteiger partial charge in [0.1, 0.15) is 0 Å². The van der Waals surface area contributed by atoms with Gasteiger partial charge in [-0.2, -0.15) is 8.78 Å². The van der Waals surface area contributed by atoms with Crippen molar-refractivity contribution in [1.82, 2.24) is 14.5 Å². The summed E-state index contributed by atoms with van der Waals surface area (Å²) in [5.41, 5.74) is 5.15.